The van der Waals surface area contributed by atoms with Crippen molar-refractivity contribution >= 4 is 11.8 Å². The fourth-order valence-corrected chi connectivity index (χ4v) is 3.79. The van der Waals surface area contributed by atoms with Gasteiger partial charge in [-0.1, -0.05) is 6.42 Å². The number of rotatable bonds is 9. The summed E-state index contributed by atoms with van der Waals surface area (Å²) in [5, 5.41) is 12.9. The number of aliphatic hydroxyl groups is 1. The molecule has 0 heterocycles. The van der Waals surface area contributed by atoms with Crippen LogP contribution in [-0.2, 0) is 4.74 Å². The summed E-state index contributed by atoms with van der Waals surface area (Å²) in [5.41, 5.74) is 0.00703. The number of likely N-dealkylation sites (N-methyl/N-ethyl adjacent to an activating group) is 1. The van der Waals surface area contributed by atoms with Gasteiger partial charge in [0.2, 0.25) is 0 Å². The van der Waals surface area contributed by atoms with E-state index >= 15 is 0 Å². The van der Waals surface area contributed by atoms with Crippen LogP contribution in [-0.4, -0.2) is 49.5 Å². The molecular weight excluding hydrogens is 234 g/mol. The van der Waals surface area contributed by atoms with Gasteiger partial charge >= 0.3 is 0 Å². The highest BCUT2D eigenvalue weighted by Gasteiger charge is 2.40. The summed E-state index contributed by atoms with van der Waals surface area (Å²) in [4.78, 5) is 0. The van der Waals surface area contributed by atoms with Crippen LogP contribution in [0.1, 0.15) is 32.1 Å². The van der Waals surface area contributed by atoms with Crippen LogP contribution in [0.15, 0.2) is 0 Å². The Morgan fingerprint density at radius 3 is 2.94 bits per heavy atom. The zero-order valence-corrected chi connectivity index (χ0v) is 12.0. The van der Waals surface area contributed by atoms with Crippen LogP contribution >= 0.6 is 11.8 Å². The van der Waals surface area contributed by atoms with Crippen LogP contribution in [0.3, 0.4) is 0 Å². The summed E-state index contributed by atoms with van der Waals surface area (Å²) in [5.74, 6) is 3.04. The number of ether oxygens (including phenoxy) is 1. The average molecular weight is 261 g/mol. The first kappa shape index (κ1) is 15.3. The van der Waals surface area contributed by atoms with Gasteiger partial charge in [0, 0.05) is 19.3 Å². The molecule has 102 valence electrons. The van der Waals surface area contributed by atoms with Crippen molar-refractivity contribution in [2.24, 2.45) is 5.92 Å². The van der Waals surface area contributed by atoms with Gasteiger partial charge in [0.05, 0.1) is 6.61 Å². The molecule has 2 N–H and O–H groups in total. The minimum atomic E-state index is 0.00703. The van der Waals surface area contributed by atoms with E-state index in [4.69, 9.17) is 4.74 Å². The summed E-state index contributed by atoms with van der Waals surface area (Å²) >= 11 is 2.01. The molecule has 2 unspecified atom stereocenters. The molecule has 4 heteroatoms. The van der Waals surface area contributed by atoms with Crippen molar-refractivity contribution in [1.82, 2.24) is 5.32 Å². The predicted octanol–water partition coefficient (Wildman–Crippen LogP) is 1.90. The largest absolute Gasteiger partial charge is 0.394 e. The Hall–Kier alpha value is 0.230. The number of hydrogen-bond donors (Lipinski definition) is 2. The quantitative estimate of drug-likeness (QED) is 0.622. The van der Waals surface area contributed by atoms with Gasteiger partial charge in [-0.3, -0.25) is 0 Å². The second kappa shape index (κ2) is 8.35. The standard InChI is InChI=1S/C13H27NO2S/c1-14-13(11-15)7-3-5-12(13)6-10-17-9-4-8-16-2/h12,14-15H,3-11H2,1-2H3. The smallest absolute Gasteiger partial charge is 0.0615 e. The topological polar surface area (TPSA) is 41.5 Å². The van der Waals surface area contributed by atoms with Crippen LogP contribution < -0.4 is 5.32 Å². The summed E-state index contributed by atoms with van der Waals surface area (Å²) < 4.78 is 5.03. The first-order chi connectivity index (χ1) is 8.29. The predicted molar refractivity (Wildman–Crippen MR) is 74.7 cm³/mol. The molecule has 0 bridgehead atoms. The van der Waals surface area contributed by atoms with E-state index < -0.39 is 0 Å². The van der Waals surface area contributed by atoms with Gasteiger partial charge in [-0.05, 0) is 50.2 Å². The summed E-state index contributed by atoms with van der Waals surface area (Å²) in [7, 11) is 3.74. The van der Waals surface area contributed by atoms with Crippen LogP contribution in [0.5, 0.6) is 0 Å². The van der Waals surface area contributed by atoms with Crippen molar-refractivity contribution in [2.75, 3.05) is 38.9 Å². The van der Waals surface area contributed by atoms with E-state index in [2.05, 4.69) is 5.32 Å². The lowest BCUT2D eigenvalue weighted by Crippen LogP contribution is -2.49. The van der Waals surface area contributed by atoms with Crippen LogP contribution in [0, 0.1) is 5.92 Å². The Kier molecular flexibility index (Phi) is 7.51. The van der Waals surface area contributed by atoms with Gasteiger partial charge in [-0.2, -0.15) is 11.8 Å². The molecule has 0 spiro atoms. The van der Waals surface area contributed by atoms with Gasteiger partial charge in [0.1, 0.15) is 0 Å². The van der Waals surface area contributed by atoms with Crippen molar-refractivity contribution in [3.8, 4) is 0 Å². The first-order valence-electron chi connectivity index (χ1n) is 6.65. The van der Waals surface area contributed by atoms with Crippen LogP contribution in [0.2, 0.25) is 0 Å². The number of nitrogens with one attached hydrogen (secondary N) is 1. The van der Waals surface area contributed by atoms with Gasteiger partial charge in [0.15, 0.2) is 0 Å². The molecule has 3 nitrogen and oxygen atoms in total. The maximum absolute atomic E-state index is 9.57. The Labute approximate surface area is 110 Å². The molecule has 0 radical (unpaired) electrons. The molecular formula is C13H27NO2S. The van der Waals surface area contributed by atoms with Crippen molar-refractivity contribution in [1.29, 1.82) is 0 Å². The fraction of sp³-hybridized carbons (Fsp3) is 1.00. The van der Waals surface area contributed by atoms with E-state index in [0.717, 1.165) is 19.4 Å². The Balaban J connectivity index is 2.17. The molecule has 1 rings (SSSR count). The molecule has 1 fully saturated rings. The Bertz CT molecular complexity index is 198. The number of hydrogen-bond acceptors (Lipinski definition) is 4. The Morgan fingerprint density at radius 1 is 1.47 bits per heavy atom. The second-order valence-electron chi connectivity index (χ2n) is 4.90. The van der Waals surface area contributed by atoms with Gasteiger partial charge in [0.25, 0.3) is 0 Å². The third-order valence-electron chi connectivity index (χ3n) is 3.98. The monoisotopic (exact) mass is 261 g/mol. The maximum Gasteiger partial charge on any atom is 0.0615 e. The molecule has 17 heavy (non-hydrogen) atoms. The van der Waals surface area contributed by atoms with Crippen molar-refractivity contribution < 1.29 is 9.84 Å². The number of methoxy groups -OCH3 is 1. The maximum atomic E-state index is 9.57. The summed E-state index contributed by atoms with van der Waals surface area (Å²) in [6.07, 6.45) is 6.00. The average Bonchev–Trinajstić information content (AvgIpc) is 2.77. The van der Waals surface area contributed by atoms with Crippen molar-refractivity contribution in [2.45, 2.75) is 37.6 Å². The molecule has 2 atom stereocenters. The van der Waals surface area contributed by atoms with Crippen molar-refractivity contribution in [3.05, 3.63) is 0 Å². The number of thioether (sulfide) groups is 1. The second-order valence-corrected chi connectivity index (χ2v) is 6.13. The lowest BCUT2D eigenvalue weighted by molar-refractivity contribution is 0.130. The molecule has 0 aliphatic heterocycles. The first-order valence-corrected chi connectivity index (χ1v) is 7.81. The van der Waals surface area contributed by atoms with E-state index in [1.165, 1.54) is 30.8 Å². The summed E-state index contributed by atoms with van der Waals surface area (Å²) in [6, 6.07) is 0. The minimum absolute atomic E-state index is 0.00703. The van der Waals surface area contributed by atoms with E-state index in [1.54, 1.807) is 7.11 Å². The highest BCUT2D eigenvalue weighted by atomic mass is 32.2. The molecule has 1 aliphatic carbocycles. The highest BCUT2D eigenvalue weighted by Crippen LogP contribution is 2.38. The molecule has 0 saturated heterocycles. The normalized spacial score (nSPS) is 28.8. The lowest BCUT2D eigenvalue weighted by Gasteiger charge is -2.33. The lowest BCUT2D eigenvalue weighted by atomic mass is 9.86. The van der Waals surface area contributed by atoms with Gasteiger partial charge < -0.3 is 15.2 Å². The molecule has 0 aromatic heterocycles. The molecule has 1 aliphatic rings. The van der Waals surface area contributed by atoms with E-state index in [-0.39, 0.29) is 12.1 Å². The molecule has 0 amide bonds. The zero-order valence-electron chi connectivity index (χ0n) is 11.2. The molecule has 0 aromatic rings. The van der Waals surface area contributed by atoms with Crippen molar-refractivity contribution in [3.63, 3.8) is 0 Å². The molecule has 1 saturated carbocycles. The van der Waals surface area contributed by atoms with Gasteiger partial charge in [-0.15, -0.1) is 0 Å². The van der Waals surface area contributed by atoms with Crippen LogP contribution in [0.25, 0.3) is 0 Å². The highest BCUT2D eigenvalue weighted by molar-refractivity contribution is 7.99. The van der Waals surface area contributed by atoms with Crippen LogP contribution in [0.4, 0.5) is 0 Å². The third kappa shape index (κ3) is 4.43. The number of aliphatic hydroxyl groups excluding tert-OH is 1. The van der Waals surface area contributed by atoms with Gasteiger partial charge in [-0.25, -0.2) is 0 Å². The van der Waals surface area contributed by atoms with E-state index in [0.29, 0.717) is 5.92 Å². The summed E-state index contributed by atoms with van der Waals surface area (Å²) in [6.45, 7) is 1.15. The Morgan fingerprint density at radius 2 is 2.29 bits per heavy atom. The third-order valence-corrected chi connectivity index (χ3v) is 5.09. The minimum Gasteiger partial charge on any atom is -0.394 e. The fourth-order valence-electron chi connectivity index (χ4n) is 2.81. The zero-order chi connectivity index (χ0) is 12.6. The SMILES string of the molecule is CNC1(CO)CCCC1CCSCCCOC. The van der Waals surface area contributed by atoms with E-state index in [9.17, 15) is 5.11 Å². The molecule has 0 aromatic carbocycles. The van der Waals surface area contributed by atoms with E-state index in [1.807, 2.05) is 18.8 Å².